The van der Waals surface area contributed by atoms with Crippen molar-refractivity contribution >= 4 is 71.6 Å². The van der Waals surface area contributed by atoms with Crippen molar-refractivity contribution in [3.05, 3.63) is 158 Å². The summed E-state index contributed by atoms with van der Waals surface area (Å²) in [5.74, 6) is 0. The Bertz CT molecular complexity index is 2450. The van der Waals surface area contributed by atoms with Gasteiger partial charge in [0.2, 0.25) is 0 Å². The summed E-state index contributed by atoms with van der Waals surface area (Å²) in [4.78, 5) is 2.34. The summed E-state index contributed by atoms with van der Waals surface area (Å²) in [7, 11) is 0. The molecular formula is C40H26N2O. The Morgan fingerprint density at radius 3 is 1.93 bits per heavy atom. The van der Waals surface area contributed by atoms with Crippen LogP contribution in [0.15, 0.2) is 162 Å². The summed E-state index contributed by atoms with van der Waals surface area (Å²) in [6.45, 7) is 0. The molecule has 2 heterocycles. The normalized spacial score (nSPS) is 11.7. The topological polar surface area (TPSA) is 21.3 Å². The van der Waals surface area contributed by atoms with Crippen molar-refractivity contribution in [1.29, 1.82) is 0 Å². The van der Waals surface area contributed by atoms with E-state index in [1.54, 1.807) is 0 Å². The minimum absolute atomic E-state index is 0.919. The largest absolute Gasteiger partial charge is 0.455 e. The molecule has 0 aliphatic rings. The fraction of sp³-hybridized carbons (Fsp3) is 0. The molecule has 0 atom stereocenters. The summed E-state index contributed by atoms with van der Waals surface area (Å²) in [5.41, 5.74) is 8.72. The predicted molar refractivity (Wildman–Crippen MR) is 180 cm³/mol. The van der Waals surface area contributed by atoms with Crippen molar-refractivity contribution in [2.45, 2.75) is 0 Å². The highest BCUT2D eigenvalue weighted by molar-refractivity contribution is 6.15. The van der Waals surface area contributed by atoms with E-state index >= 15 is 0 Å². The van der Waals surface area contributed by atoms with Gasteiger partial charge in [0.25, 0.3) is 0 Å². The molecule has 0 aliphatic heterocycles. The summed E-state index contributed by atoms with van der Waals surface area (Å²) < 4.78 is 8.70. The number of fused-ring (bicyclic) bond motifs is 8. The Kier molecular flexibility index (Phi) is 5.20. The number of para-hydroxylation sites is 4. The lowest BCUT2D eigenvalue weighted by Gasteiger charge is -2.26. The zero-order valence-electron chi connectivity index (χ0n) is 23.3. The van der Waals surface area contributed by atoms with Gasteiger partial charge in [0.15, 0.2) is 0 Å². The summed E-state index contributed by atoms with van der Waals surface area (Å²) in [6, 6.07) is 56.0. The first kappa shape index (κ1) is 23.9. The molecule has 3 heteroatoms. The number of furan rings is 1. The van der Waals surface area contributed by atoms with E-state index < -0.39 is 0 Å². The average Bonchev–Trinajstić information content (AvgIpc) is 3.62. The fourth-order valence-electron chi connectivity index (χ4n) is 6.62. The molecule has 0 spiro atoms. The van der Waals surface area contributed by atoms with E-state index in [1.807, 2.05) is 12.1 Å². The molecule has 9 aromatic rings. The molecule has 9 rings (SSSR count). The van der Waals surface area contributed by atoms with Crippen LogP contribution in [0, 0.1) is 0 Å². The van der Waals surface area contributed by atoms with Crippen molar-refractivity contribution in [1.82, 2.24) is 4.57 Å². The second-order valence-corrected chi connectivity index (χ2v) is 11.0. The molecule has 43 heavy (non-hydrogen) atoms. The minimum Gasteiger partial charge on any atom is -0.455 e. The first-order valence-electron chi connectivity index (χ1n) is 14.6. The number of hydrogen-bond donors (Lipinski definition) is 0. The van der Waals surface area contributed by atoms with Crippen LogP contribution in [0.4, 0.5) is 17.1 Å². The summed E-state index contributed by atoms with van der Waals surface area (Å²) in [5, 5.41) is 7.02. The van der Waals surface area contributed by atoms with Crippen LogP contribution in [-0.2, 0) is 0 Å². The molecule has 0 saturated heterocycles. The maximum atomic E-state index is 6.35. The van der Waals surface area contributed by atoms with E-state index in [0.29, 0.717) is 0 Å². The number of rotatable bonds is 4. The van der Waals surface area contributed by atoms with E-state index in [2.05, 4.69) is 155 Å². The average molecular weight is 551 g/mol. The predicted octanol–water partition coefficient (Wildman–Crippen LogP) is 11.3. The lowest BCUT2D eigenvalue weighted by Crippen LogP contribution is -2.09. The number of aromatic nitrogens is 1. The Balaban J connectivity index is 1.26. The molecule has 0 saturated carbocycles. The van der Waals surface area contributed by atoms with Crippen LogP contribution in [0.5, 0.6) is 0 Å². The van der Waals surface area contributed by atoms with Crippen molar-refractivity contribution < 1.29 is 4.42 Å². The monoisotopic (exact) mass is 550 g/mol. The molecule has 202 valence electrons. The van der Waals surface area contributed by atoms with Gasteiger partial charge in [-0.2, -0.15) is 0 Å². The van der Waals surface area contributed by atoms with E-state index in [0.717, 1.165) is 55.5 Å². The third kappa shape index (κ3) is 3.68. The van der Waals surface area contributed by atoms with E-state index in [1.165, 1.54) is 21.8 Å². The quantitative estimate of drug-likeness (QED) is 0.217. The van der Waals surface area contributed by atoms with Gasteiger partial charge in [-0.05, 0) is 84.2 Å². The number of hydrogen-bond acceptors (Lipinski definition) is 2. The standard InChI is InChI=1S/C40H26N2O/c1-3-11-28(12-4-1)41(30-20-23-32-27(25-30)19-22-35-34-16-8-10-18-39(34)43-40(32)35)31-21-24-38-36(26-31)33-15-7-9-17-37(33)42(38)29-13-5-2-6-14-29/h1-26H. The molecule has 7 aromatic carbocycles. The molecule has 0 bridgehead atoms. The van der Waals surface area contributed by atoms with Gasteiger partial charge in [0.05, 0.1) is 11.0 Å². The Morgan fingerprint density at radius 1 is 0.419 bits per heavy atom. The van der Waals surface area contributed by atoms with Gasteiger partial charge in [0.1, 0.15) is 11.2 Å². The molecule has 0 unspecified atom stereocenters. The van der Waals surface area contributed by atoms with E-state index in [4.69, 9.17) is 4.42 Å². The first-order chi connectivity index (χ1) is 21.3. The molecule has 0 amide bonds. The number of nitrogens with zero attached hydrogens (tertiary/aromatic N) is 2. The Labute approximate surface area is 248 Å². The van der Waals surface area contributed by atoms with Crippen LogP contribution in [0.3, 0.4) is 0 Å². The molecular weight excluding hydrogens is 524 g/mol. The van der Waals surface area contributed by atoms with Gasteiger partial charge in [0, 0.05) is 49.7 Å². The highest BCUT2D eigenvalue weighted by atomic mass is 16.3. The van der Waals surface area contributed by atoms with Gasteiger partial charge >= 0.3 is 0 Å². The molecule has 0 aliphatic carbocycles. The molecule has 2 aromatic heterocycles. The second kappa shape index (κ2) is 9.37. The number of benzene rings is 7. The lowest BCUT2D eigenvalue weighted by atomic mass is 10.0. The van der Waals surface area contributed by atoms with Crippen LogP contribution in [-0.4, -0.2) is 4.57 Å². The number of anilines is 3. The highest BCUT2D eigenvalue weighted by Crippen LogP contribution is 2.41. The Morgan fingerprint density at radius 2 is 1.07 bits per heavy atom. The molecule has 0 fully saturated rings. The Hall–Kier alpha value is -5.80. The van der Waals surface area contributed by atoms with Crippen molar-refractivity contribution in [3.8, 4) is 5.69 Å². The molecule has 3 nitrogen and oxygen atoms in total. The van der Waals surface area contributed by atoms with Gasteiger partial charge < -0.3 is 13.9 Å². The van der Waals surface area contributed by atoms with Crippen LogP contribution >= 0.6 is 0 Å². The molecule has 0 N–H and O–H groups in total. The van der Waals surface area contributed by atoms with Crippen LogP contribution < -0.4 is 4.90 Å². The van der Waals surface area contributed by atoms with Crippen LogP contribution in [0.1, 0.15) is 0 Å². The fourth-order valence-corrected chi connectivity index (χ4v) is 6.62. The maximum Gasteiger partial charge on any atom is 0.143 e. The SMILES string of the molecule is c1ccc(N(c2ccc3c(ccc4c5ccccc5oc34)c2)c2ccc3c(c2)c2ccccc2n3-c2ccccc2)cc1. The third-order valence-corrected chi connectivity index (χ3v) is 8.54. The van der Waals surface area contributed by atoms with Crippen LogP contribution in [0.25, 0.3) is 60.2 Å². The summed E-state index contributed by atoms with van der Waals surface area (Å²) >= 11 is 0. The first-order valence-corrected chi connectivity index (χ1v) is 14.6. The van der Waals surface area contributed by atoms with Gasteiger partial charge in [-0.15, -0.1) is 0 Å². The van der Waals surface area contributed by atoms with Gasteiger partial charge in [-0.3, -0.25) is 0 Å². The maximum absolute atomic E-state index is 6.35. The van der Waals surface area contributed by atoms with Crippen molar-refractivity contribution in [2.24, 2.45) is 0 Å². The van der Waals surface area contributed by atoms with Crippen molar-refractivity contribution in [2.75, 3.05) is 4.90 Å². The minimum atomic E-state index is 0.919. The molecule has 0 radical (unpaired) electrons. The van der Waals surface area contributed by atoms with Crippen LogP contribution in [0.2, 0.25) is 0 Å². The van der Waals surface area contributed by atoms with Crippen molar-refractivity contribution in [3.63, 3.8) is 0 Å². The second-order valence-electron chi connectivity index (χ2n) is 11.0. The third-order valence-electron chi connectivity index (χ3n) is 8.54. The summed E-state index contributed by atoms with van der Waals surface area (Å²) in [6.07, 6.45) is 0. The zero-order chi connectivity index (χ0) is 28.3. The lowest BCUT2D eigenvalue weighted by molar-refractivity contribution is 0.672. The van der Waals surface area contributed by atoms with Gasteiger partial charge in [-0.25, -0.2) is 0 Å². The highest BCUT2D eigenvalue weighted by Gasteiger charge is 2.18. The van der Waals surface area contributed by atoms with Gasteiger partial charge in [-0.1, -0.05) is 78.9 Å². The van der Waals surface area contributed by atoms with E-state index in [9.17, 15) is 0 Å². The van der Waals surface area contributed by atoms with E-state index in [-0.39, 0.29) is 0 Å². The smallest absolute Gasteiger partial charge is 0.143 e. The zero-order valence-corrected chi connectivity index (χ0v) is 23.3.